The average molecular weight is 526 g/mol. The molecule has 3 heterocycles. The van der Waals surface area contributed by atoms with Crippen LogP contribution in [0.2, 0.25) is 0 Å². The van der Waals surface area contributed by atoms with Crippen molar-refractivity contribution in [2.24, 2.45) is 0 Å². The second-order valence-corrected chi connectivity index (χ2v) is 9.18. The first-order valence-corrected chi connectivity index (χ1v) is 12.7. The zero-order chi connectivity index (χ0) is 26.5. The molecule has 192 valence electrons. The molecule has 0 radical (unpaired) electrons. The fourth-order valence-electron chi connectivity index (χ4n) is 4.76. The molecule has 0 unspecified atom stereocenters. The van der Waals surface area contributed by atoms with Gasteiger partial charge in [-0.3, -0.25) is 9.78 Å². The number of hydrogen-bond donors (Lipinski definition) is 2. The number of para-hydroxylation sites is 2. The summed E-state index contributed by atoms with van der Waals surface area (Å²) in [6.07, 6.45) is 3.90. The highest BCUT2D eigenvalue weighted by atomic mass is 32.1. The SMILES string of the molecule is COC(=O)c1ccccc1-n1cccc1[C@@H]1[C@H](c2ccccn2)NC(=S)N1CCC(=O)Nc1ccccc1. The number of amides is 1. The van der Waals surface area contributed by atoms with Gasteiger partial charge in [0, 0.05) is 36.7 Å². The first-order chi connectivity index (χ1) is 18.6. The van der Waals surface area contributed by atoms with Crippen LogP contribution >= 0.6 is 12.2 Å². The standard InChI is InChI=1S/C29H27N5O3S/c1-37-28(36)21-12-5-6-14-23(21)33-18-9-15-24(33)27-26(22-13-7-8-17-30-22)32-29(38)34(27)19-16-25(35)31-20-10-3-2-4-11-20/h2-15,17-18,26-27H,16,19H2,1H3,(H,31,35)(H,32,38)/t26-,27+/m0/s1. The normalized spacial score (nSPS) is 16.7. The number of ether oxygens (including phenoxy) is 1. The summed E-state index contributed by atoms with van der Waals surface area (Å²) in [5.74, 6) is -0.526. The molecule has 1 saturated heterocycles. The molecule has 0 saturated carbocycles. The van der Waals surface area contributed by atoms with E-state index in [0.29, 0.717) is 22.9 Å². The van der Waals surface area contributed by atoms with Crippen molar-refractivity contribution < 1.29 is 14.3 Å². The molecule has 2 aromatic carbocycles. The molecule has 38 heavy (non-hydrogen) atoms. The van der Waals surface area contributed by atoms with Gasteiger partial charge in [0.2, 0.25) is 5.91 Å². The molecule has 1 aliphatic heterocycles. The quantitative estimate of drug-likeness (QED) is 0.256. The molecule has 1 aliphatic rings. The highest BCUT2D eigenvalue weighted by molar-refractivity contribution is 7.80. The van der Waals surface area contributed by atoms with Crippen LogP contribution in [0.1, 0.15) is 40.3 Å². The summed E-state index contributed by atoms with van der Waals surface area (Å²) in [5, 5.41) is 6.89. The van der Waals surface area contributed by atoms with Crippen LogP contribution in [0.15, 0.2) is 97.3 Å². The first-order valence-electron chi connectivity index (χ1n) is 12.2. The number of thiocarbonyl (C=S) groups is 1. The Morgan fingerprint density at radius 3 is 2.53 bits per heavy atom. The molecule has 9 heteroatoms. The van der Waals surface area contributed by atoms with Crippen molar-refractivity contribution >= 4 is 34.9 Å². The monoisotopic (exact) mass is 525 g/mol. The van der Waals surface area contributed by atoms with Crippen molar-refractivity contribution in [1.82, 2.24) is 19.8 Å². The summed E-state index contributed by atoms with van der Waals surface area (Å²) in [6.45, 7) is 0.391. The van der Waals surface area contributed by atoms with E-state index in [1.165, 1.54) is 7.11 Å². The zero-order valence-electron chi connectivity index (χ0n) is 20.8. The van der Waals surface area contributed by atoms with Crippen LogP contribution in [-0.2, 0) is 9.53 Å². The summed E-state index contributed by atoms with van der Waals surface area (Å²) in [7, 11) is 1.37. The summed E-state index contributed by atoms with van der Waals surface area (Å²) in [6, 6.07) is 25.8. The van der Waals surface area contributed by atoms with Gasteiger partial charge in [-0.25, -0.2) is 4.79 Å². The maximum absolute atomic E-state index is 12.8. The van der Waals surface area contributed by atoms with E-state index in [9.17, 15) is 9.59 Å². The molecule has 1 fully saturated rings. The van der Waals surface area contributed by atoms with Crippen LogP contribution < -0.4 is 10.6 Å². The van der Waals surface area contributed by atoms with E-state index in [2.05, 4.69) is 15.6 Å². The van der Waals surface area contributed by atoms with Gasteiger partial charge in [-0.2, -0.15) is 0 Å². The predicted octanol–water partition coefficient (Wildman–Crippen LogP) is 4.66. The van der Waals surface area contributed by atoms with Crippen molar-refractivity contribution in [2.75, 3.05) is 19.0 Å². The Kier molecular flexibility index (Phi) is 7.46. The first kappa shape index (κ1) is 25.2. The molecule has 5 rings (SSSR count). The number of carbonyl (C=O) groups excluding carboxylic acids is 2. The number of anilines is 1. The van der Waals surface area contributed by atoms with Crippen molar-refractivity contribution in [1.29, 1.82) is 0 Å². The van der Waals surface area contributed by atoms with Crippen LogP contribution in [-0.4, -0.2) is 45.1 Å². The Morgan fingerprint density at radius 1 is 1.00 bits per heavy atom. The van der Waals surface area contributed by atoms with E-state index in [-0.39, 0.29) is 24.4 Å². The summed E-state index contributed by atoms with van der Waals surface area (Å²) in [5.41, 5.74) is 3.61. The lowest BCUT2D eigenvalue weighted by atomic mass is 10.0. The number of esters is 1. The van der Waals surface area contributed by atoms with Gasteiger partial charge in [-0.15, -0.1) is 0 Å². The summed E-state index contributed by atoms with van der Waals surface area (Å²) < 4.78 is 7.00. The van der Waals surface area contributed by atoms with E-state index in [1.807, 2.05) is 88.5 Å². The third-order valence-corrected chi connectivity index (χ3v) is 6.84. The summed E-state index contributed by atoms with van der Waals surface area (Å²) >= 11 is 5.77. The number of pyridine rings is 1. The Bertz CT molecular complexity index is 1440. The molecule has 8 nitrogen and oxygen atoms in total. The van der Waals surface area contributed by atoms with Gasteiger partial charge >= 0.3 is 5.97 Å². The van der Waals surface area contributed by atoms with Crippen molar-refractivity contribution in [3.8, 4) is 5.69 Å². The highest BCUT2D eigenvalue weighted by Gasteiger charge is 2.41. The summed E-state index contributed by atoms with van der Waals surface area (Å²) in [4.78, 5) is 32.0. The molecule has 0 spiro atoms. The molecule has 4 aromatic rings. The van der Waals surface area contributed by atoms with Gasteiger partial charge in [0.15, 0.2) is 5.11 Å². The van der Waals surface area contributed by atoms with Crippen LogP contribution in [0, 0.1) is 0 Å². The zero-order valence-corrected chi connectivity index (χ0v) is 21.6. The lowest BCUT2D eigenvalue weighted by molar-refractivity contribution is -0.116. The lowest BCUT2D eigenvalue weighted by Crippen LogP contribution is -2.33. The van der Waals surface area contributed by atoms with Crippen molar-refractivity contribution in [3.63, 3.8) is 0 Å². The molecule has 1 amide bonds. The third kappa shape index (κ3) is 5.14. The maximum atomic E-state index is 12.8. The van der Waals surface area contributed by atoms with Gasteiger partial charge in [0.05, 0.1) is 36.1 Å². The molecular weight excluding hydrogens is 498 g/mol. The van der Waals surface area contributed by atoms with Crippen LogP contribution in [0.3, 0.4) is 0 Å². The van der Waals surface area contributed by atoms with Gasteiger partial charge in [0.1, 0.15) is 0 Å². The predicted molar refractivity (Wildman–Crippen MR) is 149 cm³/mol. The van der Waals surface area contributed by atoms with Crippen molar-refractivity contribution in [3.05, 3.63) is 114 Å². The van der Waals surface area contributed by atoms with Gasteiger partial charge in [-0.05, 0) is 60.7 Å². The minimum atomic E-state index is -0.420. The second kappa shape index (κ2) is 11.3. The molecule has 2 atom stereocenters. The van der Waals surface area contributed by atoms with E-state index in [1.54, 1.807) is 18.3 Å². The minimum absolute atomic E-state index is 0.106. The fourth-order valence-corrected chi connectivity index (χ4v) is 5.09. The maximum Gasteiger partial charge on any atom is 0.339 e. The van der Waals surface area contributed by atoms with Crippen LogP contribution in [0.5, 0.6) is 0 Å². The smallest absolute Gasteiger partial charge is 0.339 e. The highest BCUT2D eigenvalue weighted by Crippen LogP contribution is 2.40. The number of hydrogen-bond acceptors (Lipinski definition) is 5. The Hall–Kier alpha value is -4.50. The van der Waals surface area contributed by atoms with Crippen molar-refractivity contribution in [2.45, 2.75) is 18.5 Å². The van der Waals surface area contributed by atoms with E-state index < -0.39 is 5.97 Å². The largest absolute Gasteiger partial charge is 0.465 e. The van der Waals surface area contributed by atoms with Gasteiger partial charge in [0.25, 0.3) is 0 Å². The van der Waals surface area contributed by atoms with E-state index in [4.69, 9.17) is 17.0 Å². The molecular formula is C29H27N5O3S. The number of carbonyl (C=O) groups is 2. The third-order valence-electron chi connectivity index (χ3n) is 6.49. The van der Waals surface area contributed by atoms with E-state index >= 15 is 0 Å². The number of rotatable bonds is 8. The molecule has 2 aromatic heterocycles. The second-order valence-electron chi connectivity index (χ2n) is 8.80. The topological polar surface area (TPSA) is 88.5 Å². The average Bonchev–Trinajstić information content (AvgIpc) is 3.56. The Balaban J connectivity index is 1.49. The van der Waals surface area contributed by atoms with Gasteiger partial charge < -0.3 is 24.8 Å². The van der Waals surface area contributed by atoms with Crippen LogP contribution in [0.4, 0.5) is 5.69 Å². The molecule has 2 N–H and O–H groups in total. The van der Waals surface area contributed by atoms with Crippen LogP contribution in [0.25, 0.3) is 5.69 Å². The van der Waals surface area contributed by atoms with E-state index in [0.717, 1.165) is 17.1 Å². The molecule has 0 aliphatic carbocycles. The number of aromatic nitrogens is 2. The molecule has 0 bridgehead atoms. The minimum Gasteiger partial charge on any atom is -0.465 e. The Morgan fingerprint density at radius 2 is 1.76 bits per heavy atom. The van der Waals surface area contributed by atoms with Gasteiger partial charge in [-0.1, -0.05) is 36.4 Å². The number of nitrogens with zero attached hydrogens (tertiary/aromatic N) is 3. The lowest BCUT2D eigenvalue weighted by Gasteiger charge is -2.29. The number of nitrogens with one attached hydrogen (secondary N) is 2. The number of benzene rings is 2. The number of methoxy groups -OCH3 is 1. The fraction of sp³-hybridized carbons (Fsp3) is 0.172. The Labute approximate surface area is 226 Å².